The van der Waals surface area contributed by atoms with E-state index in [1.165, 1.54) is 12.8 Å². The molecule has 1 aliphatic heterocycles. The SMILES string of the molecule is CC1CCC(CN)CN1CCF. The van der Waals surface area contributed by atoms with E-state index < -0.39 is 0 Å². The molecule has 2 atom stereocenters. The zero-order valence-electron chi connectivity index (χ0n) is 7.80. The Hall–Kier alpha value is -0.150. The van der Waals surface area contributed by atoms with E-state index in [2.05, 4.69) is 11.8 Å². The van der Waals surface area contributed by atoms with Gasteiger partial charge < -0.3 is 5.73 Å². The van der Waals surface area contributed by atoms with Crippen molar-refractivity contribution in [1.29, 1.82) is 0 Å². The maximum absolute atomic E-state index is 12.1. The Balaban J connectivity index is 2.36. The van der Waals surface area contributed by atoms with Crippen LogP contribution < -0.4 is 5.73 Å². The molecule has 12 heavy (non-hydrogen) atoms. The van der Waals surface area contributed by atoms with Gasteiger partial charge in [-0.1, -0.05) is 0 Å². The van der Waals surface area contributed by atoms with Crippen LogP contribution in [0.15, 0.2) is 0 Å². The second-order valence-corrected chi connectivity index (χ2v) is 3.71. The molecule has 1 aliphatic rings. The van der Waals surface area contributed by atoms with Gasteiger partial charge in [-0.2, -0.15) is 0 Å². The summed E-state index contributed by atoms with van der Waals surface area (Å²) in [4.78, 5) is 2.21. The minimum absolute atomic E-state index is 0.234. The number of rotatable bonds is 3. The van der Waals surface area contributed by atoms with Gasteiger partial charge in [0.2, 0.25) is 0 Å². The minimum atomic E-state index is -0.234. The molecule has 1 saturated heterocycles. The quantitative estimate of drug-likeness (QED) is 0.692. The molecule has 0 aromatic carbocycles. The van der Waals surface area contributed by atoms with Crippen molar-refractivity contribution < 1.29 is 4.39 Å². The van der Waals surface area contributed by atoms with Crippen LogP contribution in [0.1, 0.15) is 19.8 Å². The Kier molecular flexibility index (Phi) is 3.95. The van der Waals surface area contributed by atoms with E-state index in [1.54, 1.807) is 0 Å². The van der Waals surface area contributed by atoms with Crippen molar-refractivity contribution in [3.63, 3.8) is 0 Å². The van der Waals surface area contributed by atoms with E-state index in [9.17, 15) is 4.39 Å². The third kappa shape index (κ3) is 2.42. The predicted octanol–water partition coefficient (Wildman–Crippen LogP) is 1.02. The Morgan fingerprint density at radius 1 is 1.50 bits per heavy atom. The lowest BCUT2D eigenvalue weighted by molar-refractivity contribution is 0.113. The average Bonchev–Trinajstić information content (AvgIpc) is 2.09. The molecule has 1 fully saturated rings. The van der Waals surface area contributed by atoms with Crippen molar-refractivity contribution in [2.75, 3.05) is 26.3 Å². The monoisotopic (exact) mass is 174 g/mol. The third-order valence-corrected chi connectivity index (χ3v) is 2.81. The predicted molar refractivity (Wildman–Crippen MR) is 48.8 cm³/mol. The summed E-state index contributed by atoms with van der Waals surface area (Å²) in [6, 6.07) is 0.545. The fourth-order valence-electron chi connectivity index (χ4n) is 1.87. The van der Waals surface area contributed by atoms with E-state index in [0.29, 0.717) is 18.5 Å². The Bertz CT molecular complexity index is 130. The zero-order valence-corrected chi connectivity index (χ0v) is 7.80. The molecule has 0 aromatic heterocycles. The molecular formula is C9H19FN2. The van der Waals surface area contributed by atoms with E-state index >= 15 is 0 Å². The summed E-state index contributed by atoms with van der Waals surface area (Å²) in [7, 11) is 0. The number of likely N-dealkylation sites (tertiary alicyclic amines) is 1. The van der Waals surface area contributed by atoms with Gasteiger partial charge in [0.25, 0.3) is 0 Å². The van der Waals surface area contributed by atoms with Crippen molar-refractivity contribution in [3.05, 3.63) is 0 Å². The molecule has 0 bridgehead atoms. The van der Waals surface area contributed by atoms with Crippen LogP contribution in [0, 0.1) is 5.92 Å². The van der Waals surface area contributed by atoms with E-state index in [4.69, 9.17) is 5.73 Å². The number of alkyl halides is 1. The summed E-state index contributed by atoms with van der Waals surface area (Å²) in [5.41, 5.74) is 5.59. The van der Waals surface area contributed by atoms with Gasteiger partial charge in [-0.25, -0.2) is 4.39 Å². The highest BCUT2D eigenvalue weighted by atomic mass is 19.1. The first-order chi connectivity index (χ1) is 5.77. The Morgan fingerprint density at radius 2 is 2.25 bits per heavy atom. The van der Waals surface area contributed by atoms with Crippen LogP contribution in [-0.4, -0.2) is 37.3 Å². The molecule has 1 rings (SSSR count). The van der Waals surface area contributed by atoms with Gasteiger partial charge >= 0.3 is 0 Å². The van der Waals surface area contributed by atoms with Gasteiger partial charge in [-0.15, -0.1) is 0 Å². The molecule has 72 valence electrons. The first kappa shape index (κ1) is 9.93. The Morgan fingerprint density at radius 3 is 2.83 bits per heavy atom. The highest BCUT2D eigenvalue weighted by Gasteiger charge is 2.23. The van der Waals surface area contributed by atoms with Crippen LogP contribution in [0.5, 0.6) is 0 Å². The van der Waals surface area contributed by atoms with Crippen molar-refractivity contribution in [1.82, 2.24) is 4.90 Å². The number of nitrogens with zero attached hydrogens (tertiary/aromatic N) is 1. The average molecular weight is 174 g/mol. The molecule has 0 radical (unpaired) electrons. The fraction of sp³-hybridized carbons (Fsp3) is 1.00. The Labute approximate surface area is 73.9 Å². The molecule has 2 nitrogen and oxygen atoms in total. The molecular weight excluding hydrogens is 155 g/mol. The summed E-state index contributed by atoms with van der Waals surface area (Å²) < 4.78 is 12.1. The van der Waals surface area contributed by atoms with Gasteiger partial charge in [-0.05, 0) is 32.2 Å². The largest absolute Gasteiger partial charge is 0.330 e. The number of hydrogen-bond acceptors (Lipinski definition) is 2. The second-order valence-electron chi connectivity index (χ2n) is 3.71. The number of hydrogen-bond donors (Lipinski definition) is 1. The van der Waals surface area contributed by atoms with Crippen LogP contribution in [0.4, 0.5) is 4.39 Å². The molecule has 2 unspecified atom stereocenters. The number of nitrogens with two attached hydrogens (primary N) is 1. The van der Waals surface area contributed by atoms with Crippen LogP contribution >= 0.6 is 0 Å². The van der Waals surface area contributed by atoms with Gasteiger partial charge in [-0.3, -0.25) is 4.90 Å². The number of piperidine rings is 1. The smallest absolute Gasteiger partial charge is 0.102 e. The molecule has 0 saturated carbocycles. The molecule has 0 amide bonds. The maximum atomic E-state index is 12.1. The first-order valence-corrected chi connectivity index (χ1v) is 4.78. The van der Waals surface area contributed by atoms with Crippen molar-refractivity contribution in [2.45, 2.75) is 25.8 Å². The first-order valence-electron chi connectivity index (χ1n) is 4.78. The summed E-state index contributed by atoms with van der Waals surface area (Å²) in [6.45, 7) is 4.25. The summed E-state index contributed by atoms with van der Waals surface area (Å²) >= 11 is 0. The summed E-state index contributed by atoms with van der Waals surface area (Å²) in [5, 5.41) is 0. The molecule has 2 N–H and O–H groups in total. The fourth-order valence-corrected chi connectivity index (χ4v) is 1.87. The third-order valence-electron chi connectivity index (χ3n) is 2.81. The highest BCUT2D eigenvalue weighted by Crippen LogP contribution is 2.20. The van der Waals surface area contributed by atoms with E-state index in [-0.39, 0.29) is 6.67 Å². The highest BCUT2D eigenvalue weighted by molar-refractivity contribution is 4.78. The normalized spacial score (nSPS) is 32.2. The zero-order chi connectivity index (χ0) is 8.97. The maximum Gasteiger partial charge on any atom is 0.102 e. The van der Waals surface area contributed by atoms with E-state index in [1.807, 2.05) is 0 Å². The molecule has 0 spiro atoms. The summed E-state index contributed by atoms with van der Waals surface area (Å²) in [6.07, 6.45) is 2.38. The molecule has 3 heteroatoms. The topological polar surface area (TPSA) is 29.3 Å². The van der Waals surface area contributed by atoms with Crippen molar-refractivity contribution >= 4 is 0 Å². The van der Waals surface area contributed by atoms with Gasteiger partial charge in [0.15, 0.2) is 0 Å². The van der Waals surface area contributed by atoms with Crippen LogP contribution in [0.2, 0.25) is 0 Å². The second kappa shape index (κ2) is 4.77. The molecule has 1 heterocycles. The standard InChI is InChI=1S/C9H19FN2/c1-8-2-3-9(6-11)7-12(8)5-4-10/h8-9H,2-7,11H2,1H3. The van der Waals surface area contributed by atoms with Gasteiger partial charge in [0.1, 0.15) is 6.67 Å². The lowest BCUT2D eigenvalue weighted by atomic mass is 9.94. The summed E-state index contributed by atoms with van der Waals surface area (Å²) in [5.74, 6) is 0.591. The van der Waals surface area contributed by atoms with Gasteiger partial charge in [0.05, 0.1) is 0 Å². The van der Waals surface area contributed by atoms with Crippen LogP contribution in [0.3, 0.4) is 0 Å². The minimum Gasteiger partial charge on any atom is -0.330 e. The van der Waals surface area contributed by atoms with Crippen LogP contribution in [-0.2, 0) is 0 Å². The van der Waals surface area contributed by atoms with Crippen molar-refractivity contribution in [2.24, 2.45) is 11.7 Å². The lowest BCUT2D eigenvalue weighted by Crippen LogP contribution is -2.44. The molecule has 0 aromatic rings. The van der Waals surface area contributed by atoms with Crippen molar-refractivity contribution in [3.8, 4) is 0 Å². The lowest BCUT2D eigenvalue weighted by Gasteiger charge is -2.36. The molecule has 0 aliphatic carbocycles. The van der Waals surface area contributed by atoms with Gasteiger partial charge in [0, 0.05) is 19.1 Å². The number of halogens is 1. The van der Waals surface area contributed by atoms with E-state index in [0.717, 1.165) is 13.1 Å². The van der Waals surface area contributed by atoms with Crippen LogP contribution in [0.25, 0.3) is 0 Å².